The summed E-state index contributed by atoms with van der Waals surface area (Å²) in [4.78, 5) is 15.3. The summed E-state index contributed by atoms with van der Waals surface area (Å²) < 4.78 is 3.24. The number of benzene rings is 1. The quantitative estimate of drug-likeness (QED) is 0.588. The van der Waals surface area contributed by atoms with Gasteiger partial charge in [-0.1, -0.05) is 11.8 Å². The normalized spacial score (nSPS) is 11.1. The van der Waals surface area contributed by atoms with Crippen molar-refractivity contribution >= 4 is 63.1 Å². The maximum atomic E-state index is 10.7. The van der Waals surface area contributed by atoms with Crippen molar-refractivity contribution in [1.29, 1.82) is 0 Å². The Morgan fingerprint density at radius 1 is 1.53 bits per heavy atom. The van der Waals surface area contributed by atoms with E-state index in [1.54, 1.807) is 11.8 Å². The van der Waals surface area contributed by atoms with Crippen LogP contribution >= 0.6 is 46.1 Å². The Labute approximate surface area is 133 Å². The van der Waals surface area contributed by atoms with Crippen molar-refractivity contribution in [1.82, 2.24) is 9.55 Å². The smallest absolute Gasteiger partial charge is 0.313 e. The van der Waals surface area contributed by atoms with Crippen LogP contribution < -0.4 is 0 Å². The second-order valence-corrected chi connectivity index (χ2v) is 7.03. The summed E-state index contributed by atoms with van der Waals surface area (Å²) in [6.07, 6.45) is 2.06. The van der Waals surface area contributed by atoms with Crippen LogP contribution in [0.5, 0.6) is 0 Å². The van der Waals surface area contributed by atoms with Crippen LogP contribution in [0.15, 0.2) is 23.4 Å². The molecule has 0 fully saturated rings. The summed E-state index contributed by atoms with van der Waals surface area (Å²) in [5.41, 5.74) is 2.00. The molecule has 0 saturated heterocycles. The highest BCUT2D eigenvalue weighted by molar-refractivity contribution is 14.1. The molecule has 0 spiro atoms. The number of fused-ring (bicyclic) bond motifs is 1. The van der Waals surface area contributed by atoms with Gasteiger partial charge in [-0.05, 0) is 47.0 Å². The van der Waals surface area contributed by atoms with Gasteiger partial charge in [0.1, 0.15) is 0 Å². The fourth-order valence-electron chi connectivity index (χ4n) is 1.72. The van der Waals surface area contributed by atoms with Gasteiger partial charge in [-0.25, -0.2) is 4.98 Å². The predicted octanol–water partition coefficient (Wildman–Crippen LogP) is 3.18. The van der Waals surface area contributed by atoms with Crippen LogP contribution in [0, 0.1) is 3.57 Å². The van der Waals surface area contributed by atoms with Gasteiger partial charge in [0.05, 0.1) is 16.8 Å². The molecule has 0 radical (unpaired) electrons. The first-order valence-corrected chi connectivity index (χ1v) is 9.07. The SMILES string of the molecule is CSCCn1c(SCC(=O)O)nc2cc(I)ccc21. The largest absolute Gasteiger partial charge is 0.481 e. The average Bonchev–Trinajstić information content (AvgIpc) is 2.70. The van der Waals surface area contributed by atoms with Crippen LogP contribution in [0.25, 0.3) is 11.0 Å². The topological polar surface area (TPSA) is 55.1 Å². The van der Waals surface area contributed by atoms with E-state index in [9.17, 15) is 4.79 Å². The molecule has 0 aliphatic carbocycles. The third-order valence-corrected chi connectivity index (χ3v) is 4.74. The molecule has 1 N–H and O–H groups in total. The van der Waals surface area contributed by atoms with Crippen molar-refractivity contribution in [3.05, 3.63) is 21.8 Å². The highest BCUT2D eigenvalue weighted by Gasteiger charge is 2.12. The molecule has 7 heteroatoms. The Bertz CT molecular complexity index is 601. The van der Waals surface area contributed by atoms with Crippen molar-refractivity contribution in [2.75, 3.05) is 17.8 Å². The Balaban J connectivity index is 2.38. The Morgan fingerprint density at radius 2 is 2.32 bits per heavy atom. The molecule has 0 amide bonds. The number of carbonyl (C=O) groups is 1. The van der Waals surface area contributed by atoms with E-state index in [1.165, 1.54) is 11.8 Å². The second-order valence-electron chi connectivity index (χ2n) is 3.85. The van der Waals surface area contributed by atoms with Gasteiger partial charge in [-0.2, -0.15) is 11.8 Å². The predicted molar refractivity (Wildman–Crippen MR) is 89.2 cm³/mol. The number of aryl methyl sites for hydroxylation is 1. The molecular formula is C12H13IN2O2S2. The van der Waals surface area contributed by atoms with Crippen molar-refractivity contribution in [2.45, 2.75) is 11.7 Å². The highest BCUT2D eigenvalue weighted by Crippen LogP contribution is 2.25. The fraction of sp³-hybridized carbons (Fsp3) is 0.333. The van der Waals surface area contributed by atoms with E-state index in [4.69, 9.17) is 5.11 Å². The Morgan fingerprint density at radius 3 is 3.00 bits per heavy atom. The number of carboxylic acids is 1. The van der Waals surface area contributed by atoms with Crippen molar-refractivity contribution in [3.8, 4) is 0 Å². The van der Waals surface area contributed by atoms with Crippen molar-refractivity contribution < 1.29 is 9.90 Å². The molecule has 0 unspecified atom stereocenters. The van der Waals surface area contributed by atoms with E-state index < -0.39 is 5.97 Å². The molecule has 4 nitrogen and oxygen atoms in total. The molecule has 1 heterocycles. The molecule has 102 valence electrons. The molecule has 0 aliphatic rings. The number of aliphatic carboxylic acids is 1. The minimum absolute atomic E-state index is 0.0414. The second kappa shape index (κ2) is 6.85. The number of imidazole rings is 1. The van der Waals surface area contributed by atoms with Crippen LogP contribution in [0.4, 0.5) is 0 Å². The zero-order valence-electron chi connectivity index (χ0n) is 10.3. The van der Waals surface area contributed by atoms with Crippen LogP contribution in [-0.2, 0) is 11.3 Å². The summed E-state index contributed by atoms with van der Waals surface area (Å²) >= 11 is 5.30. The average molecular weight is 408 g/mol. The maximum Gasteiger partial charge on any atom is 0.313 e. The lowest BCUT2D eigenvalue weighted by molar-refractivity contribution is -0.133. The first kappa shape index (κ1) is 15.0. The van der Waals surface area contributed by atoms with Crippen molar-refractivity contribution in [3.63, 3.8) is 0 Å². The summed E-state index contributed by atoms with van der Waals surface area (Å²) in [5.74, 6) is 0.209. The van der Waals surface area contributed by atoms with E-state index in [0.717, 1.165) is 32.1 Å². The molecule has 0 atom stereocenters. The lowest BCUT2D eigenvalue weighted by Gasteiger charge is -2.06. The number of halogens is 1. The lowest BCUT2D eigenvalue weighted by Crippen LogP contribution is -2.04. The van der Waals surface area contributed by atoms with Gasteiger partial charge in [-0.3, -0.25) is 4.79 Å². The summed E-state index contributed by atoms with van der Waals surface area (Å²) in [7, 11) is 0. The van der Waals surface area contributed by atoms with Crippen LogP contribution in [0.3, 0.4) is 0 Å². The molecular weight excluding hydrogens is 395 g/mol. The van der Waals surface area contributed by atoms with E-state index in [-0.39, 0.29) is 5.75 Å². The fourth-order valence-corrected chi connectivity index (χ4v) is 3.32. The molecule has 1 aromatic carbocycles. The van der Waals surface area contributed by atoms with E-state index in [2.05, 4.69) is 44.5 Å². The van der Waals surface area contributed by atoms with Gasteiger partial charge in [-0.15, -0.1) is 0 Å². The Hall–Kier alpha value is -0.410. The zero-order chi connectivity index (χ0) is 13.8. The summed E-state index contributed by atoms with van der Waals surface area (Å²) in [6, 6.07) is 6.12. The number of thioether (sulfide) groups is 2. The molecule has 19 heavy (non-hydrogen) atoms. The van der Waals surface area contributed by atoms with Crippen LogP contribution in [-0.4, -0.2) is 38.4 Å². The number of nitrogens with zero attached hydrogens (tertiary/aromatic N) is 2. The van der Waals surface area contributed by atoms with Gasteiger partial charge in [0.2, 0.25) is 0 Å². The minimum atomic E-state index is -0.817. The maximum absolute atomic E-state index is 10.7. The number of carboxylic acid groups (broad SMARTS) is 1. The van der Waals surface area contributed by atoms with E-state index >= 15 is 0 Å². The molecule has 1 aromatic heterocycles. The summed E-state index contributed by atoms with van der Waals surface area (Å²) in [6.45, 7) is 0.847. The molecule has 2 aromatic rings. The minimum Gasteiger partial charge on any atom is -0.481 e. The number of aromatic nitrogens is 2. The van der Waals surface area contributed by atoms with Gasteiger partial charge in [0.25, 0.3) is 0 Å². The molecule has 0 saturated carbocycles. The van der Waals surface area contributed by atoms with Crippen LogP contribution in [0.1, 0.15) is 0 Å². The van der Waals surface area contributed by atoms with Gasteiger partial charge in [0, 0.05) is 15.9 Å². The third kappa shape index (κ3) is 3.79. The van der Waals surface area contributed by atoms with E-state index in [0.29, 0.717) is 0 Å². The molecule has 0 bridgehead atoms. The van der Waals surface area contributed by atoms with Gasteiger partial charge < -0.3 is 9.67 Å². The summed E-state index contributed by atoms with van der Waals surface area (Å²) in [5, 5.41) is 9.58. The monoisotopic (exact) mass is 408 g/mol. The standard InChI is InChI=1S/C12H13IN2O2S2/c1-18-5-4-15-10-3-2-8(13)6-9(10)14-12(15)19-7-11(16)17/h2-3,6H,4-5,7H2,1H3,(H,16,17). The lowest BCUT2D eigenvalue weighted by atomic mass is 10.3. The van der Waals surface area contributed by atoms with Crippen LogP contribution in [0.2, 0.25) is 0 Å². The third-order valence-electron chi connectivity index (χ3n) is 2.52. The highest BCUT2D eigenvalue weighted by atomic mass is 127. The van der Waals surface area contributed by atoms with Crippen molar-refractivity contribution in [2.24, 2.45) is 0 Å². The number of hydrogen-bond acceptors (Lipinski definition) is 4. The molecule has 2 rings (SSSR count). The molecule has 0 aliphatic heterocycles. The zero-order valence-corrected chi connectivity index (χ0v) is 14.1. The number of hydrogen-bond donors (Lipinski definition) is 1. The van der Waals surface area contributed by atoms with Gasteiger partial charge >= 0.3 is 5.97 Å². The first-order valence-electron chi connectivity index (χ1n) is 5.61. The van der Waals surface area contributed by atoms with Gasteiger partial charge in [0.15, 0.2) is 5.16 Å². The first-order chi connectivity index (χ1) is 9.11. The van der Waals surface area contributed by atoms with E-state index in [1.807, 2.05) is 12.1 Å². The number of rotatable bonds is 6. The Kier molecular flexibility index (Phi) is 5.40.